The Bertz CT molecular complexity index is 506. The number of thioether (sulfide) groups is 2. The van der Waals surface area contributed by atoms with Crippen LogP contribution in [0.4, 0.5) is 0 Å². The molecule has 2 rings (SSSR count). The highest BCUT2D eigenvalue weighted by Crippen LogP contribution is 2.13. The van der Waals surface area contributed by atoms with Gasteiger partial charge in [0.1, 0.15) is 0 Å². The lowest BCUT2D eigenvalue weighted by Gasteiger charge is -2.17. The number of rotatable bonds is 11. The number of aromatic nitrogens is 2. The van der Waals surface area contributed by atoms with Gasteiger partial charge in [0.25, 0.3) is 0 Å². The standard InChI is InChI=1S/C18H24N2O2S2/c21-17(13-23-11-7-15-5-1-3-9-19-15)18(22)14-24-12-8-16-6-2-4-10-20-16/h1-6,9-10,17-18,21-22H,7-8,11-14H2. The number of aliphatic hydroxyl groups is 2. The maximum atomic E-state index is 10.0. The first-order chi connectivity index (χ1) is 11.8. The van der Waals surface area contributed by atoms with Crippen molar-refractivity contribution in [3.05, 3.63) is 60.2 Å². The molecule has 0 fully saturated rings. The summed E-state index contributed by atoms with van der Waals surface area (Å²) in [4.78, 5) is 8.54. The van der Waals surface area contributed by atoms with Gasteiger partial charge in [-0.15, -0.1) is 0 Å². The zero-order valence-electron chi connectivity index (χ0n) is 13.6. The summed E-state index contributed by atoms with van der Waals surface area (Å²) in [5.41, 5.74) is 2.12. The number of aryl methyl sites for hydroxylation is 2. The molecule has 0 aliphatic rings. The highest BCUT2D eigenvalue weighted by molar-refractivity contribution is 7.99. The van der Waals surface area contributed by atoms with Crippen LogP contribution in [-0.2, 0) is 12.8 Å². The first kappa shape index (κ1) is 19.2. The van der Waals surface area contributed by atoms with Crippen molar-refractivity contribution in [3.8, 4) is 0 Å². The fourth-order valence-electron chi connectivity index (χ4n) is 2.08. The van der Waals surface area contributed by atoms with E-state index in [1.165, 1.54) is 0 Å². The maximum absolute atomic E-state index is 10.0. The Balaban J connectivity index is 1.52. The molecule has 0 aliphatic carbocycles. The van der Waals surface area contributed by atoms with E-state index in [2.05, 4.69) is 9.97 Å². The Labute approximate surface area is 152 Å². The topological polar surface area (TPSA) is 66.2 Å². The predicted molar refractivity (Wildman–Crippen MR) is 103 cm³/mol. The molecule has 0 amide bonds. The van der Waals surface area contributed by atoms with Gasteiger partial charge in [0.05, 0.1) is 12.2 Å². The third kappa shape index (κ3) is 7.66. The second-order valence-electron chi connectivity index (χ2n) is 5.43. The van der Waals surface area contributed by atoms with Crippen LogP contribution < -0.4 is 0 Å². The molecule has 6 heteroatoms. The quantitative estimate of drug-likeness (QED) is 0.597. The third-order valence-corrected chi connectivity index (χ3v) is 5.62. The first-order valence-corrected chi connectivity index (χ1v) is 10.4. The fraction of sp³-hybridized carbons (Fsp3) is 0.444. The molecule has 130 valence electrons. The summed E-state index contributed by atoms with van der Waals surface area (Å²) in [5.74, 6) is 2.89. The first-order valence-electron chi connectivity index (χ1n) is 8.07. The van der Waals surface area contributed by atoms with Crippen molar-refractivity contribution < 1.29 is 10.2 Å². The van der Waals surface area contributed by atoms with Gasteiger partial charge in [-0.1, -0.05) is 12.1 Å². The summed E-state index contributed by atoms with van der Waals surface area (Å²) in [5, 5.41) is 20.0. The molecule has 0 aromatic carbocycles. The van der Waals surface area contributed by atoms with Crippen molar-refractivity contribution in [2.24, 2.45) is 0 Å². The largest absolute Gasteiger partial charge is 0.390 e. The molecular formula is C18H24N2O2S2. The van der Waals surface area contributed by atoms with Gasteiger partial charge >= 0.3 is 0 Å². The van der Waals surface area contributed by atoms with Crippen LogP contribution in [0.2, 0.25) is 0 Å². The van der Waals surface area contributed by atoms with Crippen LogP contribution in [0.1, 0.15) is 11.4 Å². The number of aliphatic hydroxyl groups excluding tert-OH is 2. The van der Waals surface area contributed by atoms with Crippen molar-refractivity contribution >= 4 is 23.5 Å². The van der Waals surface area contributed by atoms with Crippen molar-refractivity contribution in [2.45, 2.75) is 25.0 Å². The Kier molecular flexibility index (Phi) is 9.20. The molecule has 0 saturated carbocycles. The number of hydrogen-bond acceptors (Lipinski definition) is 6. The van der Waals surface area contributed by atoms with Gasteiger partial charge in [-0.25, -0.2) is 0 Å². The molecule has 0 radical (unpaired) electrons. The lowest BCUT2D eigenvalue weighted by atomic mass is 10.3. The van der Waals surface area contributed by atoms with Crippen LogP contribution in [-0.4, -0.2) is 55.4 Å². The van der Waals surface area contributed by atoms with E-state index in [1.54, 1.807) is 35.9 Å². The van der Waals surface area contributed by atoms with E-state index < -0.39 is 12.2 Å². The Hall–Kier alpha value is -1.08. The van der Waals surface area contributed by atoms with E-state index in [9.17, 15) is 10.2 Å². The summed E-state index contributed by atoms with van der Waals surface area (Å²) in [6, 6.07) is 11.8. The number of pyridine rings is 2. The molecule has 4 nitrogen and oxygen atoms in total. The van der Waals surface area contributed by atoms with Crippen LogP contribution in [0.15, 0.2) is 48.8 Å². The second kappa shape index (κ2) is 11.5. The van der Waals surface area contributed by atoms with Crippen LogP contribution in [0.5, 0.6) is 0 Å². The Morgan fingerprint density at radius 2 is 1.21 bits per heavy atom. The van der Waals surface area contributed by atoms with Crippen LogP contribution >= 0.6 is 23.5 Å². The van der Waals surface area contributed by atoms with Gasteiger partial charge in [0.15, 0.2) is 0 Å². The average molecular weight is 365 g/mol. The van der Waals surface area contributed by atoms with E-state index in [0.29, 0.717) is 11.5 Å². The maximum Gasteiger partial charge on any atom is 0.0897 e. The second-order valence-corrected chi connectivity index (χ2v) is 7.73. The summed E-state index contributed by atoms with van der Waals surface area (Å²) >= 11 is 3.30. The van der Waals surface area contributed by atoms with Crippen molar-refractivity contribution in [1.82, 2.24) is 9.97 Å². The smallest absolute Gasteiger partial charge is 0.0897 e. The molecular weight excluding hydrogens is 340 g/mol. The summed E-state index contributed by atoms with van der Waals surface area (Å²) in [6.07, 6.45) is 3.99. The predicted octanol–water partition coefficient (Wildman–Crippen LogP) is 2.45. The summed E-state index contributed by atoms with van der Waals surface area (Å²) < 4.78 is 0. The van der Waals surface area contributed by atoms with Gasteiger partial charge in [0.2, 0.25) is 0 Å². The van der Waals surface area contributed by atoms with Gasteiger partial charge in [0, 0.05) is 35.3 Å². The highest BCUT2D eigenvalue weighted by Gasteiger charge is 2.16. The van der Waals surface area contributed by atoms with Gasteiger partial charge < -0.3 is 10.2 Å². The molecule has 2 atom stereocenters. The van der Waals surface area contributed by atoms with Crippen LogP contribution in [0, 0.1) is 0 Å². The zero-order chi connectivity index (χ0) is 17.0. The van der Waals surface area contributed by atoms with Crippen LogP contribution in [0.3, 0.4) is 0 Å². The zero-order valence-corrected chi connectivity index (χ0v) is 15.3. The lowest BCUT2D eigenvalue weighted by Crippen LogP contribution is -2.30. The average Bonchev–Trinajstić information content (AvgIpc) is 2.63. The van der Waals surface area contributed by atoms with Crippen molar-refractivity contribution in [2.75, 3.05) is 23.0 Å². The molecule has 2 aromatic rings. The SMILES string of the molecule is OC(CSCCc1ccccn1)C(O)CSCCc1ccccn1. The summed E-state index contributed by atoms with van der Waals surface area (Å²) in [6.45, 7) is 0. The molecule has 0 aliphatic heterocycles. The van der Waals surface area contributed by atoms with E-state index in [0.717, 1.165) is 35.7 Å². The lowest BCUT2D eigenvalue weighted by molar-refractivity contribution is 0.0500. The van der Waals surface area contributed by atoms with Crippen molar-refractivity contribution in [3.63, 3.8) is 0 Å². The van der Waals surface area contributed by atoms with Crippen LogP contribution in [0.25, 0.3) is 0 Å². The monoisotopic (exact) mass is 364 g/mol. The normalized spacial score (nSPS) is 13.6. The molecule has 2 N–H and O–H groups in total. The Morgan fingerprint density at radius 1 is 0.750 bits per heavy atom. The molecule has 2 unspecified atom stereocenters. The van der Waals surface area contributed by atoms with E-state index >= 15 is 0 Å². The number of hydrogen-bond donors (Lipinski definition) is 2. The molecule has 0 spiro atoms. The van der Waals surface area contributed by atoms with Crippen molar-refractivity contribution in [1.29, 1.82) is 0 Å². The minimum Gasteiger partial charge on any atom is -0.390 e. The molecule has 2 aromatic heterocycles. The Morgan fingerprint density at radius 3 is 1.58 bits per heavy atom. The minimum atomic E-state index is -0.680. The van der Waals surface area contributed by atoms with Gasteiger partial charge in [-0.05, 0) is 48.6 Å². The third-order valence-electron chi connectivity index (χ3n) is 3.48. The van der Waals surface area contributed by atoms with E-state index in [1.807, 2.05) is 36.4 Å². The number of nitrogens with zero attached hydrogens (tertiary/aromatic N) is 2. The molecule has 0 bridgehead atoms. The fourth-order valence-corrected chi connectivity index (χ4v) is 4.04. The minimum absolute atomic E-state index is 0.550. The summed E-state index contributed by atoms with van der Waals surface area (Å²) in [7, 11) is 0. The molecule has 2 heterocycles. The highest BCUT2D eigenvalue weighted by atomic mass is 32.2. The van der Waals surface area contributed by atoms with Gasteiger partial charge in [-0.3, -0.25) is 9.97 Å². The van der Waals surface area contributed by atoms with E-state index in [4.69, 9.17) is 0 Å². The molecule has 0 saturated heterocycles. The molecule has 24 heavy (non-hydrogen) atoms. The van der Waals surface area contributed by atoms with E-state index in [-0.39, 0.29) is 0 Å². The van der Waals surface area contributed by atoms with Gasteiger partial charge in [-0.2, -0.15) is 23.5 Å².